The molecule has 0 radical (unpaired) electrons. The predicted molar refractivity (Wildman–Crippen MR) is 86.5 cm³/mol. The Hall–Kier alpha value is -0.560. The van der Waals surface area contributed by atoms with Crippen LogP contribution in [0.4, 0.5) is 0 Å². The van der Waals surface area contributed by atoms with Gasteiger partial charge in [-0.2, -0.15) is 0 Å². The molecule has 2 aliphatic carbocycles. The van der Waals surface area contributed by atoms with E-state index in [1.807, 2.05) is 6.92 Å². The van der Waals surface area contributed by atoms with E-state index in [1.165, 1.54) is 37.7 Å². The Morgan fingerprint density at radius 2 is 2.10 bits per heavy atom. The largest absolute Gasteiger partial charge is 0.386 e. The summed E-state index contributed by atoms with van der Waals surface area (Å²) in [6.45, 7) is 14.9. The molecule has 2 saturated carbocycles. The molecule has 0 amide bonds. The third kappa shape index (κ3) is 3.19. The van der Waals surface area contributed by atoms with E-state index in [1.54, 1.807) is 6.08 Å². The van der Waals surface area contributed by atoms with Gasteiger partial charge in [0.15, 0.2) is 0 Å². The Morgan fingerprint density at radius 1 is 1.40 bits per heavy atom. The number of allylic oxidation sites excluding steroid dienone is 1. The van der Waals surface area contributed by atoms with Crippen molar-refractivity contribution < 1.29 is 5.11 Å². The number of hydrogen-bond donors (Lipinski definition) is 1. The lowest BCUT2D eigenvalue weighted by atomic mass is 9.54. The molecule has 4 atom stereocenters. The molecule has 2 rings (SSSR count). The van der Waals surface area contributed by atoms with Crippen LogP contribution >= 0.6 is 0 Å². The Morgan fingerprint density at radius 3 is 2.75 bits per heavy atom. The highest BCUT2D eigenvalue weighted by Gasteiger charge is 2.45. The molecule has 0 bridgehead atoms. The minimum absolute atomic E-state index is 0.489. The molecule has 2 fully saturated rings. The van der Waals surface area contributed by atoms with E-state index in [9.17, 15) is 5.11 Å². The van der Waals surface area contributed by atoms with E-state index in [0.717, 1.165) is 24.7 Å². The van der Waals surface area contributed by atoms with Crippen LogP contribution in [-0.2, 0) is 0 Å². The minimum atomic E-state index is -0.725. The molecule has 114 valence electrons. The van der Waals surface area contributed by atoms with Crippen LogP contribution in [0.25, 0.3) is 0 Å². The van der Waals surface area contributed by atoms with Gasteiger partial charge in [-0.25, -0.2) is 0 Å². The van der Waals surface area contributed by atoms with Crippen LogP contribution in [0.3, 0.4) is 0 Å². The van der Waals surface area contributed by atoms with E-state index in [-0.39, 0.29) is 0 Å². The monoisotopic (exact) mass is 276 g/mol. The summed E-state index contributed by atoms with van der Waals surface area (Å²) in [5.41, 5.74) is 1.20. The van der Waals surface area contributed by atoms with Crippen molar-refractivity contribution in [1.82, 2.24) is 0 Å². The van der Waals surface area contributed by atoms with Gasteiger partial charge in [0.2, 0.25) is 0 Å². The van der Waals surface area contributed by atoms with Crippen molar-refractivity contribution in [2.24, 2.45) is 23.2 Å². The van der Waals surface area contributed by atoms with Gasteiger partial charge in [0.05, 0.1) is 5.60 Å². The van der Waals surface area contributed by atoms with Gasteiger partial charge in [-0.1, -0.05) is 38.5 Å². The van der Waals surface area contributed by atoms with Gasteiger partial charge in [0.25, 0.3) is 0 Å². The lowest BCUT2D eigenvalue weighted by Crippen LogP contribution is -2.42. The highest BCUT2D eigenvalue weighted by atomic mass is 16.3. The Balaban J connectivity index is 2.09. The summed E-state index contributed by atoms with van der Waals surface area (Å²) in [4.78, 5) is 0. The van der Waals surface area contributed by atoms with E-state index in [2.05, 4.69) is 27.0 Å². The van der Waals surface area contributed by atoms with Crippen molar-refractivity contribution in [2.75, 3.05) is 0 Å². The average Bonchev–Trinajstić information content (AvgIpc) is 2.37. The molecule has 0 aromatic rings. The molecule has 0 heterocycles. The summed E-state index contributed by atoms with van der Waals surface area (Å²) >= 11 is 0. The normalized spacial score (nSPS) is 36.0. The second-order valence-electron chi connectivity index (χ2n) is 8.05. The van der Waals surface area contributed by atoms with Crippen LogP contribution in [0, 0.1) is 23.2 Å². The van der Waals surface area contributed by atoms with Crippen LogP contribution in [0.1, 0.15) is 65.7 Å². The summed E-state index contributed by atoms with van der Waals surface area (Å²) in [6, 6.07) is 0. The first-order valence-corrected chi connectivity index (χ1v) is 8.30. The van der Waals surface area contributed by atoms with Crippen LogP contribution in [0.5, 0.6) is 0 Å². The fourth-order valence-corrected chi connectivity index (χ4v) is 4.64. The Kier molecular flexibility index (Phi) is 4.49. The summed E-state index contributed by atoms with van der Waals surface area (Å²) in [7, 11) is 0. The van der Waals surface area contributed by atoms with Crippen LogP contribution in [-0.4, -0.2) is 10.7 Å². The van der Waals surface area contributed by atoms with Crippen molar-refractivity contribution in [3.8, 4) is 0 Å². The van der Waals surface area contributed by atoms with Crippen molar-refractivity contribution in [3.63, 3.8) is 0 Å². The van der Waals surface area contributed by atoms with Crippen LogP contribution < -0.4 is 0 Å². The molecule has 4 unspecified atom stereocenters. The molecule has 0 spiro atoms. The van der Waals surface area contributed by atoms with Gasteiger partial charge in [-0.15, -0.1) is 6.58 Å². The Bertz CT molecular complexity index is 377. The molecular weight excluding hydrogens is 244 g/mol. The topological polar surface area (TPSA) is 20.2 Å². The van der Waals surface area contributed by atoms with Crippen molar-refractivity contribution in [2.45, 2.75) is 71.3 Å². The van der Waals surface area contributed by atoms with Crippen LogP contribution in [0.2, 0.25) is 0 Å². The van der Waals surface area contributed by atoms with Gasteiger partial charge in [-0.3, -0.25) is 0 Å². The summed E-state index contributed by atoms with van der Waals surface area (Å²) in [5.74, 6) is 2.25. The zero-order chi connectivity index (χ0) is 15.0. The zero-order valence-corrected chi connectivity index (χ0v) is 13.6. The molecule has 0 aliphatic heterocycles. The number of aliphatic hydroxyl groups is 1. The third-order valence-corrected chi connectivity index (χ3v) is 6.10. The van der Waals surface area contributed by atoms with Gasteiger partial charge in [0, 0.05) is 0 Å². The first-order valence-electron chi connectivity index (χ1n) is 8.30. The first kappa shape index (κ1) is 15.8. The lowest BCUT2D eigenvalue weighted by Gasteiger charge is -2.51. The average molecular weight is 276 g/mol. The second kappa shape index (κ2) is 5.67. The maximum Gasteiger partial charge on any atom is 0.0797 e. The standard InChI is InChI=1S/C19H32O/c1-6-19(5,20)13-11-15-14(2)9-10-17-16(15)8-7-12-18(17,3)4/h6,15-17,20H,1-2,7-13H2,3-5H3. The van der Waals surface area contributed by atoms with E-state index < -0.39 is 5.60 Å². The van der Waals surface area contributed by atoms with Crippen LogP contribution in [0.15, 0.2) is 24.8 Å². The Labute approximate surface area is 125 Å². The zero-order valence-electron chi connectivity index (χ0n) is 13.6. The second-order valence-corrected chi connectivity index (χ2v) is 8.05. The molecule has 1 nitrogen and oxygen atoms in total. The molecule has 20 heavy (non-hydrogen) atoms. The lowest BCUT2D eigenvalue weighted by molar-refractivity contribution is 0.0141. The highest BCUT2D eigenvalue weighted by molar-refractivity contribution is 5.11. The SMILES string of the molecule is C=CC(C)(O)CCC1C(=C)CCC2C1CCCC2(C)C. The summed E-state index contributed by atoms with van der Waals surface area (Å²) < 4.78 is 0. The smallest absolute Gasteiger partial charge is 0.0797 e. The first-order chi connectivity index (χ1) is 9.27. The minimum Gasteiger partial charge on any atom is -0.386 e. The fourth-order valence-electron chi connectivity index (χ4n) is 4.64. The van der Waals surface area contributed by atoms with Crippen molar-refractivity contribution in [1.29, 1.82) is 0 Å². The maximum absolute atomic E-state index is 10.2. The molecule has 0 saturated heterocycles. The maximum atomic E-state index is 10.2. The molecule has 2 aliphatic rings. The van der Waals surface area contributed by atoms with E-state index in [0.29, 0.717) is 11.3 Å². The van der Waals surface area contributed by atoms with Crippen molar-refractivity contribution in [3.05, 3.63) is 24.8 Å². The molecule has 0 aromatic carbocycles. The van der Waals surface area contributed by atoms with Gasteiger partial charge >= 0.3 is 0 Å². The molecule has 0 aromatic heterocycles. The number of fused-ring (bicyclic) bond motifs is 1. The number of hydrogen-bond acceptors (Lipinski definition) is 1. The summed E-state index contributed by atoms with van der Waals surface area (Å²) in [6.07, 6.45) is 10.2. The predicted octanol–water partition coefficient (Wildman–Crippen LogP) is 5.11. The third-order valence-electron chi connectivity index (χ3n) is 6.10. The molecule has 1 heteroatoms. The molecular formula is C19H32O. The fraction of sp³-hybridized carbons (Fsp3) is 0.789. The van der Waals surface area contributed by atoms with Crippen molar-refractivity contribution >= 4 is 0 Å². The highest BCUT2D eigenvalue weighted by Crippen LogP contribution is 2.54. The number of rotatable bonds is 4. The van der Waals surface area contributed by atoms with Gasteiger partial charge in [0.1, 0.15) is 0 Å². The molecule has 1 N–H and O–H groups in total. The van der Waals surface area contributed by atoms with Gasteiger partial charge in [-0.05, 0) is 68.6 Å². The quantitative estimate of drug-likeness (QED) is 0.707. The summed E-state index contributed by atoms with van der Waals surface area (Å²) in [5, 5.41) is 10.2. The van der Waals surface area contributed by atoms with E-state index >= 15 is 0 Å². The van der Waals surface area contributed by atoms with Gasteiger partial charge < -0.3 is 5.11 Å². The van der Waals surface area contributed by atoms with E-state index in [4.69, 9.17) is 0 Å².